The predicted octanol–water partition coefficient (Wildman–Crippen LogP) is 3.14. The van der Waals surface area contributed by atoms with Gasteiger partial charge in [-0.15, -0.1) is 0 Å². The highest BCUT2D eigenvalue weighted by Gasteiger charge is 2.02. The van der Waals surface area contributed by atoms with Gasteiger partial charge in [0.15, 0.2) is 0 Å². The van der Waals surface area contributed by atoms with E-state index < -0.39 is 0 Å². The molecule has 0 aliphatic rings. The summed E-state index contributed by atoms with van der Waals surface area (Å²) in [4.78, 5) is 0. The van der Waals surface area contributed by atoms with Crippen molar-refractivity contribution in [3.05, 3.63) is 46.7 Å². The molecular formula is C11H11ClN2. The van der Waals surface area contributed by atoms with Crippen molar-refractivity contribution in [1.29, 1.82) is 0 Å². The monoisotopic (exact) mass is 206 g/mol. The fourth-order valence-electron chi connectivity index (χ4n) is 1.35. The fraction of sp³-hybridized carbons (Fsp3) is 0.182. The van der Waals surface area contributed by atoms with Crippen LogP contribution in [-0.2, 0) is 0 Å². The summed E-state index contributed by atoms with van der Waals surface area (Å²) < 4.78 is 1.87. The first kappa shape index (κ1) is 9.28. The summed E-state index contributed by atoms with van der Waals surface area (Å²) in [5.41, 5.74) is 3.19. The topological polar surface area (TPSA) is 17.8 Å². The zero-order valence-electron chi connectivity index (χ0n) is 8.16. The molecule has 0 N–H and O–H groups in total. The third-order valence-electron chi connectivity index (χ3n) is 2.23. The largest absolute Gasteiger partial charge is 0.238 e. The van der Waals surface area contributed by atoms with E-state index in [2.05, 4.69) is 5.10 Å². The van der Waals surface area contributed by atoms with Gasteiger partial charge in [0.2, 0.25) is 0 Å². The van der Waals surface area contributed by atoms with E-state index in [1.165, 1.54) is 0 Å². The first-order valence-corrected chi connectivity index (χ1v) is 4.83. The van der Waals surface area contributed by atoms with Gasteiger partial charge in [-0.05, 0) is 37.6 Å². The lowest BCUT2D eigenvalue weighted by Gasteiger charge is -2.05. The number of rotatable bonds is 1. The van der Waals surface area contributed by atoms with Gasteiger partial charge in [0.1, 0.15) is 0 Å². The molecule has 0 saturated carbocycles. The number of nitrogens with zero attached hydrogens (tertiary/aromatic N) is 2. The molecule has 0 bridgehead atoms. The summed E-state index contributed by atoms with van der Waals surface area (Å²) in [6, 6.07) is 7.91. The van der Waals surface area contributed by atoms with E-state index >= 15 is 0 Å². The lowest BCUT2D eigenvalue weighted by Crippen LogP contribution is -1.98. The van der Waals surface area contributed by atoms with Crippen LogP contribution in [0.3, 0.4) is 0 Å². The Morgan fingerprint density at radius 3 is 2.57 bits per heavy atom. The number of aromatic nitrogens is 2. The SMILES string of the molecule is Cc1ccc(-n2nccc2C)cc1Cl. The maximum absolute atomic E-state index is 6.04. The van der Waals surface area contributed by atoms with E-state index in [1.807, 2.05) is 42.8 Å². The van der Waals surface area contributed by atoms with Gasteiger partial charge < -0.3 is 0 Å². The van der Waals surface area contributed by atoms with Crippen molar-refractivity contribution in [2.24, 2.45) is 0 Å². The summed E-state index contributed by atoms with van der Waals surface area (Å²) in [5, 5.41) is 4.99. The second-order valence-corrected chi connectivity index (χ2v) is 3.73. The third kappa shape index (κ3) is 1.53. The fourth-order valence-corrected chi connectivity index (χ4v) is 1.53. The maximum atomic E-state index is 6.04. The zero-order valence-corrected chi connectivity index (χ0v) is 8.92. The second kappa shape index (κ2) is 3.46. The molecule has 0 amide bonds. The van der Waals surface area contributed by atoms with E-state index in [0.717, 1.165) is 22.0 Å². The maximum Gasteiger partial charge on any atom is 0.0663 e. The molecule has 2 nitrogen and oxygen atoms in total. The third-order valence-corrected chi connectivity index (χ3v) is 2.64. The number of benzene rings is 1. The van der Waals surface area contributed by atoms with Gasteiger partial charge in [0, 0.05) is 16.9 Å². The molecule has 1 aromatic heterocycles. The first-order chi connectivity index (χ1) is 6.68. The summed E-state index contributed by atoms with van der Waals surface area (Å²) in [5.74, 6) is 0. The molecule has 0 fully saturated rings. The Hall–Kier alpha value is -1.28. The molecule has 1 aromatic carbocycles. The van der Waals surface area contributed by atoms with Crippen molar-refractivity contribution in [3.63, 3.8) is 0 Å². The molecule has 14 heavy (non-hydrogen) atoms. The normalized spacial score (nSPS) is 10.5. The highest BCUT2D eigenvalue weighted by molar-refractivity contribution is 6.31. The molecule has 0 unspecified atom stereocenters. The minimum atomic E-state index is 0.775. The van der Waals surface area contributed by atoms with Crippen LogP contribution >= 0.6 is 11.6 Å². The lowest BCUT2D eigenvalue weighted by molar-refractivity contribution is 0.847. The van der Waals surface area contributed by atoms with Gasteiger partial charge >= 0.3 is 0 Å². The second-order valence-electron chi connectivity index (χ2n) is 3.32. The molecule has 0 atom stereocenters. The quantitative estimate of drug-likeness (QED) is 0.701. The predicted molar refractivity (Wildman–Crippen MR) is 58.0 cm³/mol. The van der Waals surface area contributed by atoms with E-state index in [0.29, 0.717) is 0 Å². The average molecular weight is 207 g/mol. The minimum Gasteiger partial charge on any atom is -0.238 e. The van der Waals surface area contributed by atoms with Gasteiger partial charge in [-0.25, -0.2) is 4.68 Å². The van der Waals surface area contributed by atoms with Crippen LogP contribution in [0, 0.1) is 13.8 Å². The van der Waals surface area contributed by atoms with E-state index in [-0.39, 0.29) is 0 Å². The van der Waals surface area contributed by atoms with Crippen molar-refractivity contribution in [2.45, 2.75) is 13.8 Å². The van der Waals surface area contributed by atoms with Crippen LogP contribution in [0.1, 0.15) is 11.3 Å². The van der Waals surface area contributed by atoms with Crippen LogP contribution in [0.4, 0.5) is 0 Å². The Labute approximate surface area is 88.1 Å². The smallest absolute Gasteiger partial charge is 0.0663 e. The molecule has 1 heterocycles. The Kier molecular flexibility index (Phi) is 2.30. The van der Waals surface area contributed by atoms with Crippen molar-refractivity contribution >= 4 is 11.6 Å². The van der Waals surface area contributed by atoms with Crippen molar-refractivity contribution in [2.75, 3.05) is 0 Å². The zero-order chi connectivity index (χ0) is 10.1. The van der Waals surface area contributed by atoms with Crippen molar-refractivity contribution in [3.8, 4) is 5.69 Å². The van der Waals surface area contributed by atoms with Gasteiger partial charge in [-0.3, -0.25) is 0 Å². The molecule has 2 aromatic rings. The summed E-state index contributed by atoms with van der Waals surface area (Å²) in [6.45, 7) is 4.00. The van der Waals surface area contributed by atoms with Crippen molar-refractivity contribution < 1.29 is 0 Å². The van der Waals surface area contributed by atoms with E-state index in [4.69, 9.17) is 11.6 Å². The summed E-state index contributed by atoms with van der Waals surface area (Å²) in [6.07, 6.45) is 1.78. The molecule has 0 aliphatic heterocycles. The number of hydrogen-bond acceptors (Lipinski definition) is 1. The average Bonchev–Trinajstić information content (AvgIpc) is 2.57. The first-order valence-electron chi connectivity index (χ1n) is 4.45. The molecule has 3 heteroatoms. The van der Waals surface area contributed by atoms with Crippen LogP contribution < -0.4 is 0 Å². The van der Waals surface area contributed by atoms with Crippen LogP contribution in [0.5, 0.6) is 0 Å². The Morgan fingerprint density at radius 1 is 1.21 bits per heavy atom. The van der Waals surface area contributed by atoms with Gasteiger partial charge in [-0.1, -0.05) is 17.7 Å². The number of hydrogen-bond donors (Lipinski definition) is 0. The minimum absolute atomic E-state index is 0.775. The number of halogens is 1. The Bertz CT molecular complexity index is 460. The van der Waals surface area contributed by atoms with Crippen molar-refractivity contribution in [1.82, 2.24) is 9.78 Å². The van der Waals surface area contributed by atoms with E-state index in [9.17, 15) is 0 Å². The summed E-state index contributed by atoms with van der Waals surface area (Å²) >= 11 is 6.04. The molecule has 0 spiro atoms. The molecule has 2 rings (SSSR count). The highest BCUT2D eigenvalue weighted by atomic mass is 35.5. The van der Waals surface area contributed by atoms with Gasteiger partial charge in [0.25, 0.3) is 0 Å². The molecular weight excluding hydrogens is 196 g/mol. The van der Waals surface area contributed by atoms with Crippen LogP contribution in [0.25, 0.3) is 5.69 Å². The van der Waals surface area contributed by atoms with Crippen LogP contribution in [0.15, 0.2) is 30.5 Å². The molecule has 0 radical (unpaired) electrons. The van der Waals surface area contributed by atoms with Gasteiger partial charge in [-0.2, -0.15) is 5.10 Å². The molecule has 72 valence electrons. The van der Waals surface area contributed by atoms with Gasteiger partial charge in [0.05, 0.1) is 5.69 Å². The molecule has 0 aliphatic carbocycles. The van der Waals surface area contributed by atoms with Crippen LogP contribution in [0.2, 0.25) is 5.02 Å². The Morgan fingerprint density at radius 2 is 2.00 bits per heavy atom. The summed E-state index contributed by atoms with van der Waals surface area (Å²) in [7, 11) is 0. The van der Waals surface area contributed by atoms with Crippen LogP contribution in [-0.4, -0.2) is 9.78 Å². The van der Waals surface area contributed by atoms with E-state index in [1.54, 1.807) is 6.20 Å². The lowest BCUT2D eigenvalue weighted by atomic mass is 10.2. The highest BCUT2D eigenvalue weighted by Crippen LogP contribution is 2.19. The standard InChI is InChI=1S/C11H11ClN2/c1-8-3-4-10(7-11(8)12)14-9(2)5-6-13-14/h3-7H,1-2H3. The Balaban J connectivity index is 2.53. The number of aryl methyl sites for hydroxylation is 2. The molecule has 0 saturated heterocycles.